The molecule has 0 unspecified atom stereocenters. The van der Waals surface area contributed by atoms with Crippen LogP contribution >= 0.6 is 0 Å². The monoisotopic (exact) mass is 382 g/mol. The lowest BCUT2D eigenvalue weighted by atomic mass is 9.93. The highest BCUT2D eigenvalue weighted by Crippen LogP contribution is 2.33. The average Bonchev–Trinajstić information content (AvgIpc) is 3.06. The SMILES string of the molecule is C1=CC2=C(C=CC1)CN(C1CCN(C(c3ccccc3)c3ccccc3)CC1)C2. The number of benzene rings is 2. The van der Waals surface area contributed by atoms with Crippen LogP contribution in [-0.2, 0) is 0 Å². The molecule has 1 saturated heterocycles. The van der Waals surface area contributed by atoms with E-state index in [-0.39, 0.29) is 0 Å². The third-order valence-corrected chi connectivity index (χ3v) is 6.68. The zero-order valence-corrected chi connectivity index (χ0v) is 17.1. The fourth-order valence-corrected chi connectivity index (χ4v) is 5.17. The summed E-state index contributed by atoms with van der Waals surface area (Å²) in [7, 11) is 0. The van der Waals surface area contributed by atoms with E-state index in [2.05, 4.69) is 94.8 Å². The smallest absolute Gasteiger partial charge is 0.0601 e. The van der Waals surface area contributed by atoms with Gasteiger partial charge in [0.1, 0.15) is 0 Å². The first-order valence-corrected chi connectivity index (χ1v) is 11.0. The predicted octanol–water partition coefficient (Wildman–Crippen LogP) is 5.37. The van der Waals surface area contributed by atoms with Crippen molar-refractivity contribution in [2.75, 3.05) is 26.2 Å². The van der Waals surface area contributed by atoms with Crippen molar-refractivity contribution in [1.29, 1.82) is 0 Å². The number of piperidine rings is 1. The van der Waals surface area contributed by atoms with E-state index in [0.29, 0.717) is 12.1 Å². The van der Waals surface area contributed by atoms with Gasteiger partial charge in [-0.2, -0.15) is 0 Å². The standard InChI is InChI=1S/C27H30N2/c1-4-10-22(11-5-1)27(23-12-6-2-7-13-23)28-18-16-26(17-19-28)29-20-24-14-8-3-9-15-25(24)21-29/h1-2,4-15,26-27H,3,16-21H2. The maximum atomic E-state index is 2.71. The molecule has 2 aromatic carbocycles. The Bertz CT molecular complexity index is 839. The molecule has 0 atom stereocenters. The molecule has 0 radical (unpaired) electrons. The van der Waals surface area contributed by atoms with Gasteiger partial charge in [-0.3, -0.25) is 9.80 Å². The van der Waals surface area contributed by atoms with Crippen LogP contribution < -0.4 is 0 Å². The Kier molecular flexibility index (Phi) is 5.47. The molecule has 148 valence electrons. The van der Waals surface area contributed by atoms with Crippen molar-refractivity contribution < 1.29 is 0 Å². The number of rotatable bonds is 4. The second-order valence-corrected chi connectivity index (χ2v) is 8.49. The van der Waals surface area contributed by atoms with E-state index in [1.165, 1.54) is 35.1 Å². The third kappa shape index (κ3) is 4.01. The van der Waals surface area contributed by atoms with E-state index in [1.807, 2.05) is 0 Å². The Labute approximate surface area is 174 Å². The van der Waals surface area contributed by atoms with Crippen LogP contribution in [0.1, 0.15) is 36.4 Å². The van der Waals surface area contributed by atoms with Crippen molar-refractivity contribution in [3.63, 3.8) is 0 Å². The fraction of sp³-hybridized carbons (Fsp3) is 0.333. The van der Waals surface area contributed by atoms with E-state index < -0.39 is 0 Å². The van der Waals surface area contributed by atoms with E-state index >= 15 is 0 Å². The van der Waals surface area contributed by atoms with Crippen LogP contribution in [0.3, 0.4) is 0 Å². The Hall–Kier alpha value is -2.42. The Morgan fingerprint density at radius 3 is 1.72 bits per heavy atom. The van der Waals surface area contributed by atoms with Gasteiger partial charge in [-0.1, -0.05) is 85.0 Å². The first-order valence-electron chi connectivity index (χ1n) is 11.0. The molecule has 0 amide bonds. The van der Waals surface area contributed by atoms with Gasteiger partial charge in [-0.25, -0.2) is 0 Å². The quantitative estimate of drug-likeness (QED) is 0.701. The van der Waals surface area contributed by atoms with Crippen molar-refractivity contribution >= 4 is 0 Å². The van der Waals surface area contributed by atoms with Crippen LogP contribution in [0.25, 0.3) is 0 Å². The molecular weight excluding hydrogens is 352 g/mol. The summed E-state index contributed by atoms with van der Waals surface area (Å²) in [5.41, 5.74) is 5.88. The second kappa shape index (κ2) is 8.52. The zero-order chi connectivity index (χ0) is 19.5. The average molecular weight is 383 g/mol. The van der Waals surface area contributed by atoms with Gasteiger partial charge in [0, 0.05) is 32.2 Å². The van der Waals surface area contributed by atoms with Crippen LogP contribution in [0.5, 0.6) is 0 Å². The number of allylic oxidation sites excluding steroid dienone is 2. The molecule has 0 saturated carbocycles. The van der Waals surface area contributed by atoms with Gasteiger partial charge in [0.05, 0.1) is 6.04 Å². The van der Waals surface area contributed by atoms with Crippen LogP contribution in [0.15, 0.2) is 96.1 Å². The molecule has 2 aliphatic heterocycles. The fourth-order valence-electron chi connectivity index (χ4n) is 5.17. The van der Waals surface area contributed by atoms with Crippen LogP contribution in [0.4, 0.5) is 0 Å². The number of nitrogens with zero attached hydrogens (tertiary/aromatic N) is 2. The van der Waals surface area contributed by atoms with Gasteiger partial charge in [0.25, 0.3) is 0 Å². The highest BCUT2D eigenvalue weighted by molar-refractivity contribution is 5.41. The van der Waals surface area contributed by atoms with Crippen LogP contribution in [0.2, 0.25) is 0 Å². The summed E-state index contributed by atoms with van der Waals surface area (Å²) in [6, 6.07) is 23.1. The van der Waals surface area contributed by atoms with Crippen LogP contribution in [0, 0.1) is 0 Å². The van der Waals surface area contributed by atoms with Gasteiger partial charge in [-0.05, 0) is 41.5 Å². The van der Waals surface area contributed by atoms with Crippen LogP contribution in [-0.4, -0.2) is 42.0 Å². The van der Waals surface area contributed by atoms with E-state index in [4.69, 9.17) is 0 Å². The number of hydrogen-bond donors (Lipinski definition) is 0. The lowest BCUT2D eigenvalue weighted by Gasteiger charge is -2.41. The molecule has 0 N–H and O–H groups in total. The van der Waals surface area contributed by atoms with Crippen molar-refractivity contribution in [3.05, 3.63) is 107 Å². The first-order chi connectivity index (χ1) is 14.4. The molecule has 2 aromatic rings. The summed E-state index contributed by atoms with van der Waals surface area (Å²) >= 11 is 0. The largest absolute Gasteiger partial charge is 0.292 e. The van der Waals surface area contributed by atoms with Crippen molar-refractivity contribution in [3.8, 4) is 0 Å². The second-order valence-electron chi connectivity index (χ2n) is 8.49. The first kappa shape index (κ1) is 18.6. The topological polar surface area (TPSA) is 6.48 Å². The van der Waals surface area contributed by atoms with Crippen molar-refractivity contribution in [2.24, 2.45) is 0 Å². The maximum Gasteiger partial charge on any atom is 0.0601 e. The number of hydrogen-bond acceptors (Lipinski definition) is 2. The minimum absolute atomic E-state index is 0.359. The highest BCUT2D eigenvalue weighted by Gasteiger charge is 2.32. The molecule has 0 spiro atoms. The molecule has 5 rings (SSSR count). The van der Waals surface area contributed by atoms with Gasteiger partial charge in [-0.15, -0.1) is 0 Å². The Morgan fingerprint density at radius 2 is 1.21 bits per heavy atom. The molecule has 1 aliphatic carbocycles. The molecule has 1 fully saturated rings. The summed E-state index contributed by atoms with van der Waals surface area (Å²) < 4.78 is 0. The summed E-state index contributed by atoms with van der Waals surface area (Å²) in [5, 5.41) is 0. The third-order valence-electron chi connectivity index (χ3n) is 6.68. The normalized spacial score (nSPS) is 21.0. The lowest BCUT2D eigenvalue weighted by molar-refractivity contribution is 0.109. The van der Waals surface area contributed by atoms with Gasteiger partial charge in [0.2, 0.25) is 0 Å². The summed E-state index contributed by atoms with van der Waals surface area (Å²) in [6.07, 6.45) is 12.9. The molecule has 29 heavy (non-hydrogen) atoms. The zero-order valence-electron chi connectivity index (χ0n) is 17.1. The summed E-state index contributed by atoms with van der Waals surface area (Å²) in [4.78, 5) is 5.40. The molecule has 0 aromatic heterocycles. The van der Waals surface area contributed by atoms with Crippen molar-refractivity contribution in [1.82, 2.24) is 9.80 Å². The van der Waals surface area contributed by atoms with E-state index in [9.17, 15) is 0 Å². The van der Waals surface area contributed by atoms with Gasteiger partial charge >= 0.3 is 0 Å². The molecule has 2 heteroatoms. The van der Waals surface area contributed by atoms with E-state index in [0.717, 1.165) is 32.6 Å². The summed E-state index contributed by atoms with van der Waals surface area (Å²) in [6.45, 7) is 4.57. The predicted molar refractivity (Wildman–Crippen MR) is 121 cm³/mol. The molecule has 2 heterocycles. The Balaban J connectivity index is 1.28. The lowest BCUT2D eigenvalue weighted by Crippen LogP contribution is -2.45. The maximum absolute atomic E-state index is 2.71. The van der Waals surface area contributed by atoms with Crippen molar-refractivity contribution in [2.45, 2.75) is 31.3 Å². The summed E-state index contributed by atoms with van der Waals surface area (Å²) in [5.74, 6) is 0. The molecule has 3 aliphatic rings. The van der Waals surface area contributed by atoms with Gasteiger partial charge < -0.3 is 0 Å². The Morgan fingerprint density at radius 1 is 0.690 bits per heavy atom. The van der Waals surface area contributed by atoms with E-state index in [1.54, 1.807) is 0 Å². The minimum atomic E-state index is 0.359. The number of likely N-dealkylation sites (tertiary alicyclic amines) is 1. The molecule has 0 bridgehead atoms. The minimum Gasteiger partial charge on any atom is -0.292 e. The van der Waals surface area contributed by atoms with Gasteiger partial charge in [0.15, 0.2) is 0 Å². The molecular formula is C27H30N2. The molecule has 2 nitrogen and oxygen atoms in total. The highest BCUT2D eigenvalue weighted by atomic mass is 15.2.